The van der Waals surface area contributed by atoms with Crippen molar-refractivity contribution in [3.63, 3.8) is 0 Å². The summed E-state index contributed by atoms with van der Waals surface area (Å²) >= 11 is 0. The lowest BCUT2D eigenvalue weighted by atomic mass is 10.1. The van der Waals surface area contributed by atoms with Gasteiger partial charge in [-0.15, -0.1) is 0 Å². The molecule has 2 rings (SSSR count). The third-order valence-electron chi connectivity index (χ3n) is 2.66. The van der Waals surface area contributed by atoms with Crippen LogP contribution in [-0.2, 0) is 17.5 Å². The lowest BCUT2D eigenvalue weighted by Gasteiger charge is -2.06. The van der Waals surface area contributed by atoms with Crippen LogP contribution in [0.1, 0.15) is 16.9 Å². The fourth-order valence-corrected chi connectivity index (χ4v) is 1.64. The van der Waals surface area contributed by atoms with Crippen molar-refractivity contribution in [1.82, 2.24) is 5.32 Å². The molecule has 1 heterocycles. The number of furan rings is 1. The maximum atomic E-state index is 12.5. The largest absolute Gasteiger partial charge is 0.467 e. The highest BCUT2D eigenvalue weighted by molar-refractivity contribution is 5.91. The molecule has 3 nitrogen and oxygen atoms in total. The second kappa shape index (κ2) is 6.30. The molecule has 0 saturated heterocycles. The summed E-state index contributed by atoms with van der Waals surface area (Å²) in [6, 6.07) is 8.15. The highest BCUT2D eigenvalue weighted by Gasteiger charge is 2.30. The summed E-state index contributed by atoms with van der Waals surface area (Å²) in [6.45, 7) is 0.221. The molecule has 0 fully saturated rings. The van der Waals surface area contributed by atoms with Crippen molar-refractivity contribution in [2.75, 3.05) is 0 Å². The number of nitrogens with one attached hydrogen (secondary N) is 1. The molecule has 0 aliphatic heterocycles. The van der Waals surface area contributed by atoms with Crippen LogP contribution < -0.4 is 5.32 Å². The van der Waals surface area contributed by atoms with E-state index in [1.54, 1.807) is 12.1 Å². The van der Waals surface area contributed by atoms with Crippen LogP contribution >= 0.6 is 0 Å². The summed E-state index contributed by atoms with van der Waals surface area (Å²) in [7, 11) is 0. The zero-order chi connectivity index (χ0) is 15.3. The van der Waals surface area contributed by atoms with Gasteiger partial charge in [0.15, 0.2) is 0 Å². The predicted molar refractivity (Wildman–Crippen MR) is 71.0 cm³/mol. The maximum Gasteiger partial charge on any atom is 0.416 e. The van der Waals surface area contributed by atoms with E-state index in [0.29, 0.717) is 11.3 Å². The highest BCUT2D eigenvalue weighted by atomic mass is 19.4. The lowest BCUT2D eigenvalue weighted by molar-refractivity contribution is -0.137. The summed E-state index contributed by atoms with van der Waals surface area (Å²) in [5, 5.41) is 2.56. The number of hydrogen-bond acceptors (Lipinski definition) is 2. The number of halogens is 3. The zero-order valence-corrected chi connectivity index (χ0v) is 10.9. The first-order valence-electron chi connectivity index (χ1n) is 6.11. The molecule has 0 aliphatic carbocycles. The molecule has 0 atom stereocenters. The molecule has 1 N–H and O–H groups in total. The van der Waals surface area contributed by atoms with Gasteiger partial charge in [-0.1, -0.05) is 12.1 Å². The standard InChI is InChI=1S/C15H12F3NO2/c16-15(17,18)12-4-1-3-11(9-12)6-7-14(20)19-10-13-5-2-8-21-13/h1-9H,10H2,(H,19,20)/b7-6+. The minimum absolute atomic E-state index is 0.221. The Hall–Kier alpha value is -2.50. The van der Waals surface area contributed by atoms with Crippen LogP contribution in [0.5, 0.6) is 0 Å². The van der Waals surface area contributed by atoms with Gasteiger partial charge in [-0.25, -0.2) is 0 Å². The lowest BCUT2D eigenvalue weighted by Crippen LogP contribution is -2.19. The molecule has 0 aliphatic rings. The third-order valence-corrected chi connectivity index (χ3v) is 2.66. The van der Waals surface area contributed by atoms with Crippen molar-refractivity contribution in [2.45, 2.75) is 12.7 Å². The monoisotopic (exact) mass is 295 g/mol. The van der Waals surface area contributed by atoms with Crippen molar-refractivity contribution in [3.05, 3.63) is 65.6 Å². The van der Waals surface area contributed by atoms with E-state index in [1.165, 1.54) is 30.5 Å². The van der Waals surface area contributed by atoms with Crippen LogP contribution in [0.3, 0.4) is 0 Å². The van der Waals surface area contributed by atoms with Gasteiger partial charge in [-0.2, -0.15) is 13.2 Å². The first kappa shape index (κ1) is 14.9. The van der Waals surface area contributed by atoms with Gasteiger partial charge in [0.1, 0.15) is 5.76 Å². The molecule has 21 heavy (non-hydrogen) atoms. The van der Waals surface area contributed by atoms with E-state index in [4.69, 9.17) is 4.42 Å². The molecule has 1 aromatic carbocycles. The summed E-state index contributed by atoms with van der Waals surface area (Å²) in [5.74, 6) is 0.180. The molecule has 2 aromatic rings. The average Bonchev–Trinajstić information content (AvgIpc) is 2.95. The van der Waals surface area contributed by atoms with Crippen LogP contribution in [0.4, 0.5) is 13.2 Å². The van der Waals surface area contributed by atoms with E-state index in [1.807, 2.05) is 0 Å². The first-order valence-corrected chi connectivity index (χ1v) is 6.11. The normalized spacial score (nSPS) is 11.8. The van der Waals surface area contributed by atoms with E-state index in [-0.39, 0.29) is 6.54 Å². The molecule has 6 heteroatoms. The Morgan fingerprint density at radius 1 is 1.24 bits per heavy atom. The van der Waals surface area contributed by atoms with Crippen LogP contribution in [0.15, 0.2) is 53.2 Å². The maximum absolute atomic E-state index is 12.5. The molecule has 1 aromatic heterocycles. The second-order valence-electron chi connectivity index (χ2n) is 4.25. The molecular formula is C15H12F3NO2. The minimum Gasteiger partial charge on any atom is -0.467 e. The van der Waals surface area contributed by atoms with Crippen molar-refractivity contribution in [1.29, 1.82) is 0 Å². The summed E-state index contributed by atoms with van der Waals surface area (Å²) in [5.41, 5.74) is -0.446. The number of benzene rings is 1. The number of carbonyl (C=O) groups is 1. The number of amides is 1. The first-order chi connectivity index (χ1) is 9.95. The van der Waals surface area contributed by atoms with Gasteiger partial charge < -0.3 is 9.73 Å². The fourth-order valence-electron chi connectivity index (χ4n) is 1.64. The summed E-state index contributed by atoms with van der Waals surface area (Å²) < 4.78 is 42.6. The van der Waals surface area contributed by atoms with E-state index >= 15 is 0 Å². The quantitative estimate of drug-likeness (QED) is 0.875. The van der Waals surface area contributed by atoms with E-state index in [0.717, 1.165) is 12.1 Å². The summed E-state index contributed by atoms with van der Waals surface area (Å²) in [4.78, 5) is 11.5. The van der Waals surface area contributed by atoms with Crippen molar-refractivity contribution < 1.29 is 22.4 Å². The average molecular weight is 295 g/mol. The molecule has 0 bridgehead atoms. The Labute approximate surface area is 119 Å². The minimum atomic E-state index is -4.40. The van der Waals surface area contributed by atoms with Gasteiger partial charge in [-0.05, 0) is 35.9 Å². The van der Waals surface area contributed by atoms with Crippen LogP contribution in [0.25, 0.3) is 6.08 Å². The van der Waals surface area contributed by atoms with Crippen LogP contribution in [-0.4, -0.2) is 5.91 Å². The molecule has 1 amide bonds. The molecule has 0 saturated carbocycles. The Morgan fingerprint density at radius 2 is 2.05 bits per heavy atom. The molecular weight excluding hydrogens is 283 g/mol. The van der Waals surface area contributed by atoms with Crippen LogP contribution in [0, 0.1) is 0 Å². The van der Waals surface area contributed by atoms with E-state index in [2.05, 4.69) is 5.32 Å². The van der Waals surface area contributed by atoms with Gasteiger partial charge in [0.2, 0.25) is 5.91 Å². The Balaban J connectivity index is 1.95. The Bertz CT molecular complexity index is 631. The second-order valence-corrected chi connectivity index (χ2v) is 4.25. The van der Waals surface area contributed by atoms with Gasteiger partial charge in [0, 0.05) is 6.08 Å². The smallest absolute Gasteiger partial charge is 0.416 e. The van der Waals surface area contributed by atoms with Gasteiger partial charge in [0.05, 0.1) is 18.4 Å². The van der Waals surface area contributed by atoms with E-state index < -0.39 is 17.6 Å². The van der Waals surface area contributed by atoms with Gasteiger partial charge >= 0.3 is 6.18 Å². The van der Waals surface area contributed by atoms with Crippen molar-refractivity contribution >= 4 is 12.0 Å². The summed E-state index contributed by atoms with van der Waals surface area (Å²) in [6.07, 6.45) is -0.406. The Kier molecular flexibility index (Phi) is 4.47. The molecule has 0 spiro atoms. The molecule has 110 valence electrons. The van der Waals surface area contributed by atoms with Crippen LogP contribution in [0.2, 0.25) is 0 Å². The number of alkyl halides is 3. The fraction of sp³-hybridized carbons (Fsp3) is 0.133. The van der Waals surface area contributed by atoms with Gasteiger partial charge in [0.25, 0.3) is 0 Å². The number of hydrogen-bond donors (Lipinski definition) is 1. The van der Waals surface area contributed by atoms with Crippen molar-refractivity contribution in [3.8, 4) is 0 Å². The molecule has 0 radical (unpaired) electrons. The zero-order valence-electron chi connectivity index (χ0n) is 10.9. The van der Waals surface area contributed by atoms with Gasteiger partial charge in [-0.3, -0.25) is 4.79 Å². The topological polar surface area (TPSA) is 42.2 Å². The SMILES string of the molecule is O=C(/C=C/c1cccc(C(F)(F)F)c1)NCc1ccco1. The Morgan fingerprint density at radius 3 is 2.71 bits per heavy atom. The highest BCUT2D eigenvalue weighted by Crippen LogP contribution is 2.29. The molecule has 0 unspecified atom stereocenters. The number of carbonyl (C=O) groups excluding carboxylic acids is 1. The van der Waals surface area contributed by atoms with E-state index in [9.17, 15) is 18.0 Å². The number of rotatable bonds is 4. The van der Waals surface area contributed by atoms with Crippen molar-refractivity contribution in [2.24, 2.45) is 0 Å². The predicted octanol–water partition coefficient (Wildman–Crippen LogP) is 3.63. The third kappa shape index (κ3) is 4.52.